The van der Waals surface area contributed by atoms with Gasteiger partial charge in [-0.3, -0.25) is 9.69 Å². The van der Waals surface area contributed by atoms with Crippen molar-refractivity contribution >= 4 is 5.97 Å². The highest BCUT2D eigenvalue weighted by Gasteiger charge is 2.29. The van der Waals surface area contributed by atoms with Crippen LogP contribution < -0.4 is 4.74 Å². The van der Waals surface area contributed by atoms with Gasteiger partial charge in [0.25, 0.3) is 0 Å². The topological polar surface area (TPSA) is 49.8 Å². The van der Waals surface area contributed by atoms with Crippen molar-refractivity contribution in [1.29, 1.82) is 0 Å². The molecule has 20 heavy (non-hydrogen) atoms. The molecule has 1 unspecified atom stereocenters. The number of carbonyl (C=O) groups is 1. The first-order valence-electron chi connectivity index (χ1n) is 7.30. The van der Waals surface area contributed by atoms with Crippen LogP contribution in [0, 0.1) is 12.8 Å². The number of aliphatic carboxylic acids is 1. The maximum Gasteiger partial charge on any atom is 0.317 e. The molecule has 1 aliphatic heterocycles. The number of fused-ring (bicyclic) bond motifs is 1. The number of aryl methyl sites for hydroxylation is 1. The fourth-order valence-corrected chi connectivity index (χ4v) is 2.90. The third-order valence-corrected chi connectivity index (χ3v) is 3.99. The Morgan fingerprint density at radius 1 is 1.40 bits per heavy atom. The Hall–Kier alpha value is -1.55. The maximum atomic E-state index is 11.0. The van der Waals surface area contributed by atoms with Gasteiger partial charge in [0.05, 0.1) is 6.54 Å². The predicted octanol–water partition coefficient (Wildman–Crippen LogP) is 2.10. The van der Waals surface area contributed by atoms with Gasteiger partial charge in [-0.2, -0.15) is 0 Å². The molecule has 3 rings (SSSR count). The van der Waals surface area contributed by atoms with Crippen LogP contribution in [0.4, 0.5) is 0 Å². The average molecular weight is 275 g/mol. The van der Waals surface area contributed by atoms with Crippen molar-refractivity contribution in [2.24, 2.45) is 5.92 Å². The summed E-state index contributed by atoms with van der Waals surface area (Å²) < 4.78 is 5.94. The summed E-state index contributed by atoms with van der Waals surface area (Å²) in [6.45, 7) is 3.79. The molecule has 4 nitrogen and oxygen atoms in total. The molecule has 1 fully saturated rings. The smallest absolute Gasteiger partial charge is 0.317 e. The van der Waals surface area contributed by atoms with E-state index in [1.165, 1.54) is 24.0 Å². The van der Waals surface area contributed by atoms with E-state index in [0.29, 0.717) is 12.5 Å². The summed E-state index contributed by atoms with van der Waals surface area (Å²) in [5, 5.41) is 9.02. The first kappa shape index (κ1) is 13.4. The van der Waals surface area contributed by atoms with Crippen LogP contribution in [0.2, 0.25) is 0 Å². The van der Waals surface area contributed by atoms with Gasteiger partial charge in [0.1, 0.15) is 11.9 Å². The predicted molar refractivity (Wildman–Crippen MR) is 76.1 cm³/mol. The van der Waals surface area contributed by atoms with Crippen LogP contribution in [-0.4, -0.2) is 41.7 Å². The van der Waals surface area contributed by atoms with Gasteiger partial charge >= 0.3 is 5.97 Å². The van der Waals surface area contributed by atoms with Gasteiger partial charge in [-0.05, 0) is 37.3 Å². The van der Waals surface area contributed by atoms with Crippen LogP contribution in [0.15, 0.2) is 18.2 Å². The highest BCUT2D eigenvalue weighted by molar-refractivity contribution is 5.69. The number of carboxylic acids is 1. The Kier molecular flexibility index (Phi) is 3.66. The SMILES string of the molecule is Cc1ccc2c(c1)CC(CN(CC(=O)O)CC1CC1)O2. The molecule has 0 bridgehead atoms. The summed E-state index contributed by atoms with van der Waals surface area (Å²) >= 11 is 0. The van der Waals surface area contributed by atoms with Gasteiger partial charge in [0.15, 0.2) is 0 Å². The van der Waals surface area contributed by atoms with E-state index < -0.39 is 5.97 Å². The lowest BCUT2D eigenvalue weighted by Crippen LogP contribution is -2.39. The summed E-state index contributed by atoms with van der Waals surface area (Å²) in [5.41, 5.74) is 2.49. The lowest BCUT2D eigenvalue weighted by molar-refractivity contribution is -0.138. The summed E-state index contributed by atoms with van der Waals surface area (Å²) in [4.78, 5) is 13.0. The number of nitrogens with zero attached hydrogens (tertiary/aromatic N) is 1. The molecule has 0 aromatic heterocycles. The van der Waals surface area contributed by atoms with Crippen LogP contribution in [0.25, 0.3) is 0 Å². The van der Waals surface area contributed by atoms with E-state index in [1.807, 2.05) is 11.0 Å². The standard InChI is InChI=1S/C16H21NO3/c1-11-2-5-15-13(6-11)7-14(20-15)9-17(10-16(18)19)8-12-3-4-12/h2,5-6,12,14H,3-4,7-10H2,1H3,(H,18,19). The molecule has 1 aliphatic carbocycles. The Balaban J connectivity index is 1.60. The van der Waals surface area contributed by atoms with E-state index in [4.69, 9.17) is 9.84 Å². The van der Waals surface area contributed by atoms with Gasteiger partial charge in [-0.25, -0.2) is 0 Å². The highest BCUT2D eigenvalue weighted by Crippen LogP contribution is 2.32. The monoisotopic (exact) mass is 275 g/mol. The van der Waals surface area contributed by atoms with Crippen molar-refractivity contribution in [3.63, 3.8) is 0 Å². The number of ether oxygens (including phenoxy) is 1. The minimum Gasteiger partial charge on any atom is -0.488 e. The Morgan fingerprint density at radius 3 is 2.90 bits per heavy atom. The largest absolute Gasteiger partial charge is 0.488 e. The van der Waals surface area contributed by atoms with Crippen LogP contribution in [-0.2, 0) is 11.2 Å². The van der Waals surface area contributed by atoms with E-state index in [1.54, 1.807) is 0 Å². The molecule has 0 spiro atoms. The first-order chi connectivity index (χ1) is 9.60. The fourth-order valence-electron chi connectivity index (χ4n) is 2.90. The van der Waals surface area contributed by atoms with Crippen molar-refractivity contribution in [1.82, 2.24) is 4.90 Å². The Morgan fingerprint density at radius 2 is 2.20 bits per heavy atom. The third-order valence-electron chi connectivity index (χ3n) is 3.99. The van der Waals surface area contributed by atoms with Gasteiger partial charge < -0.3 is 9.84 Å². The van der Waals surface area contributed by atoms with E-state index in [0.717, 1.165) is 18.7 Å². The summed E-state index contributed by atoms with van der Waals surface area (Å²) in [6.07, 6.45) is 3.45. The lowest BCUT2D eigenvalue weighted by Gasteiger charge is -2.23. The summed E-state index contributed by atoms with van der Waals surface area (Å²) in [5.74, 6) is 0.902. The number of hydrogen-bond donors (Lipinski definition) is 1. The molecule has 1 aromatic rings. The second-order valence-electron chi connectivity index (χ2n) is 6.09. The number of carboxylic acid groups (broad SMARTS) is 1. The molecule has 0 radical (unpaired) electrons. The second kappa shape index (κ2) is 5.44. The van der Waals surface area contributed by atoms with Crippen molar-refractivity contribution < 1.29 is 14.6 Å². The first-order valence-corrected chi connectivity index (χ1v) is 7.30. The maximum absolute atomic E-state index is 11.0. The highest BCUT2D eigenvalue weighted by atomic mass is 16.5. The molecule has 1 atom stereocenters. The number of hydrogen-bond acceptors (Lipinski definition) is 3. The zero-order chi connectivity index (χ0) is 14.1. The molecular formula is C16H21NO3. The van der Waals surface area contributed by atoms with Crippen molar-refractivity contribution in [3.8, 4) is 5.75 Å². The normalized spacial score (nSPS) is 20.8. The van der Waals surface area contributed by atoms with Crippen molar-refractivity contribution in [2.45, 2.75) is 32.3 Å². The van der Waals surface area contributed by atoms with Crippen LogP contribution in [0.1, 0.15) is 24.0 Å². The van der Waals surface area contributed by atoms with E-state index in [2.05, 4.69) is 19.1 Å². The zero-order valence-corrected chi connectivity index (χ0v) is 11.8. The molecule has 0 saturated heterocycles. The molecule has 4 heteroatoms. The summed E-state index contributed by atoms with van der Waals surface area (Å²) in [6, 6.07) is 6.24. The summed E-state index contributed by atoms with van der Waals surface area (Å²) in [7, 11) is 0. The molecule has 1 saturated carbocycles. The zero-order valence-electron chi connectivity index (χ0n) is 11.8. The van der Waals surface area contributed by atoms with E-state index in [9.17, 15) is 4.79 Å². The number of benzene rings is 1. The quantitative estimate of drug-likeness (QED) is 0.863. The van der Waals surface area contributed by atoms with Crippen LogP contribution >= 0.6 is 0 Å². The van der Waals surface area contributed by atoms with Gasteiger partial charge in [-0.15, -0.1) is 0 Å². The minimum atomic E-state index is -0.753. The molecule has 108 valence electrons. The molecule has 1 aromatic carbocycles. The van der Waals surface area contributed by atoms with Gasteiger partial charge in [-0.1, -0.05) is 17.7 Å². The lowest BCUT2D eigenvalue weighted by atomic mass is 10.1. The fraction of sp³-hybridized carbons (Fsp3) is 0.562. The van der Waals surface area contributed by atoms with Crippen molar-refractivity contribution in [3.05, 3.63) is 29.3 Å². The molecule has 1 N–H and O–H groups in total. The Bertz CT molecular complexity index is 510. The van der Waals surface area contributed by atoms with Gasteiger partial charge in [0, 0.05) is 19.5 Å². The molecular weight excluding hydrogens is 254 g/mol. The molecule has 0 amide bonds. The minimum absolute atomic E-state index is 0.0879. The number of rotatable bonds is 6. The molecule has 2 aliphatic rings. The van der Waals surface area contributed by atoms with E-state index >= 15 is 0 Å². The third kappa shape index (κ3) is 3.31. The van der Waals surface area contributed by atoms with Crippen LogP contribution in [0.3, 0.4) is 0 Å². The second-order valence-corrected chi connectivity index (χ2v) is 6.09. The van der Waals surface area contributed by atoms with E-state index in [-0.39, 0.29) is 12.6 Å². The Labute approximate surface area is 119 Å². The van der Waals surface area contributed by atoms with Gasteiger partial charge in [0.2, 0.25) is 0 Å². The van der Waals surface area contributed by atoms with Crippen LogP contribution in [0.5, 0.6) is 5.75 Å². The molecule has 1 heterocycles. The van der Waals surface area contributed by atoms with Crippen molar-refractivity contribution in [2.75, 3.05) is 19.6 Å². The average Bonchev–Trinajstić information content (AvgIpc) is 3.07.